The lowest BCUT2D eigenvalue weighted by molar-refractivity contribution is 0.749. The number of nitrogens with zero attached hydrogens (tertiary/aromatic N) is 7. The summed E-state index contributed by atoms with van der Waals surface area (Å²) in [6, 6.07) is 3.50. The highest BCUT2D eigenvalue weighted by Crippen LogP contribution is 2.00. The van der Waals surface area contributed by atoms with Gasteiger partial charge in [0.25, 0.3) is 6.57 Å². The van der Waals surface area contributed by atoms with Crippen molar-refractivity contribution in [3.8, 4) is 12.4 Å². The fraction of sp³-hybridized carbons (Fsp3) is 0.143. The van der Waals surface area contributed by atoms with E-state index < -0.39 is 0 Å². The van der Waals surface area contributed by atoms with Crippen LogP contribution in [0.4, 0.5) is 0 Å². The molecule has 0 aromatic carbocycles. The summed E-state index contributed by atoms with van der Waals surface area (Å²) in [4.78, 5) is 3.45. The van der Waals surface area contributed by atoms with E-state index in [0.717, 1.165) is 0 Å². The first-order valence-corrected chi connectivity index (χ1v) is 3.83. The van der Waals surface area contributed by atoms with E-state index >= 15 is 0 Å². The van der Waals surface area contributed by atoms with E-state index in [9.17, 15) is 0 Å². The highest BCUT2D eigenvalue weighted by atomic mass is 15.5. The SMILES string of the molecule is C#[N+]Cc1ccc(-n2cnnn2)nn1. The topological polar surface area (TPSA) is 73.7 Å². The van der Waals surface area contributed by atoms with Crippen LogP contribution in [0.2, 0.25) is 0 Å². The molecule has 0 unspecified atom stereocenters. The molecule has 0 amide bonds. The molecule has 2 aromatic heterocycles. The van der Waals surface area contributed by atoms with Crippen LogP contribution < -0.4 is 0 Å². The molecule has 0 atom stereocenters. The lowest BCUT2D eigenvalue weighted by Gasteiger charge is -1.95. The van der Waals surface area contributed by atoms with Crippen molar-refractivity contribution in [3.05, 3.63) is 29.0 Å². The van der Waals surface area contributed by atoms with E-state index in [1.54, 1.807) is 12.1 Å². The Kier molecular flexibility index (Phi) is 2.10. The minimum Gasteiger partial charge on any atom is -0.180 e. The first-order chi connectivity index (χ1) is 6.90. The molecule has 2 rings (SSSR count). The molecular weight excluding hydrogens is 182 g/mol. The van der Waals surface area contributed by atoms with Gasteiger partial charge in [0, 0.05) is 0 Å². The van der Waals surface area contributed by atoms with Gasteiger partial charge in [0.2, 0.25) is 0 Å². The maximum Gasteiger partial charge on any atom is 0.306 e. The zero-order chi connectivity index (χ0) is 9.80. The third-order valence-electron chi connectivity index (χ3n) is 1.54. The van der Waals surface area contributed by atoms with Gasteiger partial charge in [0.05, 0.1) is 0 Å². The molecule has 2 aromatic rings. The number of tetrazole rings is 1. The Morgan fingerprint density at radius 3 is 2.86 bits per heavy atom. The second-order valence-electron chi connectivity index (χ2n) is 2.48. The largest absolute Gasteiger partial charge is 0.306 e. The standard InChI is InChI=1S/C7H6N7/c1-8-4-6-2-3-7(11-10-6)14-5-9-12-13-14/h1-3,5H,4H2/q+1. The van der Waals surface area contributed by atoms with Crippen LogP contribution in [0.5, 0.6) is 0 Å². The molecule has 0 aliphatic rings. The van der Waals surface area contributed by atoms with E-state index in [1.165, 1.54) is 11.0 Å². The van der Waals surface area contributed by atoms with Crippen molar-refractivity contribution in [1.82, 2.24) is 30.4 Å². The van der Waals surface area contributed by atoms with Gasteiger partial charge in [-0.25, -0.2) is 0 Å². The monoisotopic (exact) mass is 188 g/mol. The summed E-state index contributed by atoms with van der Waals surface area (Å²) in [6.07, 6.45) is 1.44. The summed E-state index contributed by atoms with van der Waals surface area (Å²) in [5, 5.41) is 18.4. The summed E-state index contributed by atoms with van der Waals surface area (Å²) in [5.74, 6) is 0.552. The lowest BCUT2D eigenvalue weighted by Crippen LogP contribution is -2.01. The molecule has 7 heteroatoms. The van der Waals surface area contributed by atoms with Crippen LogP contribution >= 0.6 is 0 Å². The predicted octanol–water partition coefficient (Wildman–Crippen LogP) is -0.0850. The van der Waals surface area contributed by atoms with Crippen molar-refractivity contribution in [2.45, 2.75) is 6.54 Å². The quantitative estimate of drug-likeness (QED) is 0.658. The van der Waals surface area contributed by atoms with Crippen LogP contribution in [0, 0.1) is 6.57 Å². The van der Waals surface area contributed by atoms with Crippen molar-refractivity contribution in [1.29, 1.82) is 0 Å². The van der Waals surface area contributed by atoms with Gasteiger partial charge in [-0.15, -0.1) is 15.3 Å². The van der Waals surface area contributed by atoms with Gasteiger partial charge in [0.15, 0.2) is 5.82 Å². The Hall–Kier alpha value is -2.36. The molecule has 0 bridgehead atoms. The van der Waals surface area contributed by atoms with E-state index in [0.29, 0.717) is 18.1 Å². The summed E-state index contributed by atoms with van der Waals surface area (Å²) in [7, 11) is 0. The van der Waals surface area contributed by atoms with Gasteiger partial charge >= 0.3 is 6.54 Å². The van der Waals surface area contributed by atoms with Gasteiger partial charge in [-0.05, 0) is 22.6 Å². The summed E-state index contributed by atoms with van der Waals surface area (Å²) in [5.41, 5.74) is 0.698. The summed E-state index contributed by atoms with van der Waals surface area (Å²) in [6.45, 7) is 5.36. The van der Waals surface area contributed by atoms with E-state index in [-0.39, 0.29) is 0 Å². The van der Waals surface area contributed by atoms with Crippen LogP contribution in [-0.4, -0.2) is 30.4 Å². The van der Waals surface area contributed by atoms with Crippen molar-refractivity contribution >= 4 is 0 Å². The second kappa shape index (κ2) is 3.57. The molecule has 0 saturated heterocycles. The first kappa shape index (κ1) is 8.25. The summed E-state index contributed by atoms with van der Waals surface area (Å²) >= 11 is 0. The minimum atomic E-state index is 0.350. The molecule has 2 heterocycles. The maximum absolute atomic E-state index is 5.01. The van der Waals surface area contributed by atoms with Crippen molar-refractivity contribution < 1.29 is 0 Å². The number of rotatable bonds is 2. The minimum absolute atomic E-state index is 0.350. The van der Waals surface area contributed by atoms with Crippen molar-refractivity contribution in [2.24, 2.45) is 0 Å². The third-order valence-corrected chi connectivity index (χ3v) is 1.54. The molecular formula is C7H6N7+. The molecule has 0 radical (unpaired) electrons. The van der Waals surface area contributed by atoms with Crippen molar-refractivity contribution in [3.63, 3.8) is 0 Å². The number of hydrogen-bond acceptors (Lipinski definition) is 5. The smallest absolute Gasteiger partial charge is 0.180 e. The van der Waals surface area contributed by atoms with Crippen LogP contribution in [-0.2, 0) is 6.54 Å². The highest BCUT2D eigenvalue weighted by Gasteiger charge is 2.03. The Morgan fingerprint density at radius 2 is 2.29 bits per heavy atom. The zero-order valence-corrected chi connectivity index (χ0v) is 7.15. The van der Waals surface area contributed by atoms with Gasteiger partial charge in [-0.1, -0.05) is 4.85 Å². The number of hydrogen-bond donors (Lipinski definition) is 0. The molecule has 0 fully saturated rings. The molecule has 14 heavy (non-hydrogen) atoms. The molecule has 7 nitrogen and oxygen atoms in total. The Morgan fingerprint density at radius 1 is 1.36 bits per heavy atom. The Bertz CT molecular complexity index is 438. The normalized spacial score (nSPS) is 9.64. The molecule has 0 spiro atoms. The van der Waals surface area contributed by atoms with Gasteiger partial charge in [-0.2, -0.15) is 4.68 Å². The van der Waals surface area contributed by atoms with Crippen LogP contribution in [0.3, 0.4) is 0 Å². The fourth-order valence-corrected chi connectivity index (χ4v) is 0.919. The van der Waals surface area contributed by atoms with Gasteiger partial charge in [0.1, 0.15) is 12.0 Å². The predicted molar refractivity (Wildman–Crippen MR) is 46.8 cm³/mol. The van der Waals surface area contributed by atoms with Gasteiger partial charge < -0.3 is 0 Å². The summed E-state index contributed by atoms with van der Waals surface area (Å²) < 4.78 is 1.41. The molecule has 0 saturated carbocycles. The molecule has 0 aliphatic carbocycles. The van der Waals surface area contributed by atoms with Crippen molar-refractivity contribution in [2.75, 3.05) is 0 Å². The lowest BCUT2D eigenvalue weighted by atomic mass is 10.4. The van der Waals surface area contributed by atoms with E-state index in [4.69, 9.17) is 6.57 Å². The highest BCUT2D eigenvalue weighted by molar-refractivity contribution is 5.19. The zero-order valence-electron chi connectivity index (χ0n) is 7.15. The molecule has 0 aliphatic heterocycles. The maximum atomic E-state index is 5.01. The Labute approximate surface area is 79.2 Å². The third kappa shape index (κ3) is 1.54. The Balaban J connectivity index is 2.27. The van der Waals surface area contributed by atoms with E-state index in [1.807, 2.05) is 0 Å². The molecule has 68 valence electrons. The van der Waals surface area contributed by atoms with Crippen LogP contribution in [0.1, 0.15) is 5.69 Å². The van der Waals surface area contributed by atoms with Gasteiger partial charge in [-0.3, -0.25) is 0 Å². The fourth-order valence-electron chi connectivity index (χ4n) is 0.919. The van der Waals surface area contributed by atoms with Crippen LogP contribution in [0.25, 0.3) is 10.7 Å². The first-order valence-electron chi connectivity index (χ1n) is 3.83. The second-order valence-corrected chi connectivity index (χ2v) is 2.48. The molecule has 0 N–H and O–H groups in total. The average Bonchev–Trinajstić information content (AvgIpc) is 2.72. The van der Waals surface area contributed by atoms with E-state index in [2.05, 4.69) is 30.6 Å². The number of aromatic nitrogens is 6. The average molecular weight is 188 g/mol. The van der Waals surface area contributed by atoms with Crippen LogP contribution in [0.15, 0.2) is 18.5 Å².